The van der Waals surface area contributed by atoms with Gasteiger partial charge in [-0.25, -0.2) is 22.4 Å². The molecule has 2 N–H and O–H groups in total. The highest BCUT2D eigenvalue weighted by Gasteiger charge is 2.15. The van der Waals surface area contributed by atoms with E-state index in [-0.39, 0.29) is 10.6 Å². The van der Waals surface area contributed by atoms with Gasteiger partial charge in [-0.1, -0.05) is 30.3 Å². The third-order valence-corrected chi connectivity index (χ3v) is 5.62. The zero-order chi connectivity index (χ0) is 22.6. The molecule has 7 nitrogen and oxygen atoms in total. The second-order valence-electron chi connectivity index (χ2n) is 6.32. The SMILES string of the molecule is CN(CCc1ccccc1)CCS(=O)(=O)c1ccc(F)cc1.O=C(O)/C=C\C(=O)O. The van der Waals surface area contributed by atoms with Crippen LogP contribution in [0.5, 0.6) is 0 Å². The first-order chi connectivity index (χ1) is 14.1. The summed E-state index contributed by atoms with van der Waals surface area (Å²) in [5.41, 5.74) is 1.23. The van der Waals surface area contributed by atoms with Gasteiger partial charge < -0.3 is 15.1 Å². The molecule has 2 rings (SSSR count). The number of aliphatic carboxylic acids is 2. The average molecular weight is 437 g/mol. The monoisotopic (exact) mass is 437 g/mol. The van der Waals surface area contributed by atoms with Crippen molar-refractivity contribution in [2.75, 3.05) is 25.9 Å². The molecule has 0 fully saturated rings. The molecular weight excluding hydrogens is 413 g/mol. The van der Waals surface area contributed by atoms with Gasteiger partial charge in [-0.3, -0.25) is 0 Å². The summed E-state index contributed by atoms with van der Waals surface area (Å²) < 4.78 is 37.2. The van der Waals surface area contributed by atoms with Crippen molar-refractivity contribution >= 4 is 21.8 Å². The smallest absolute Gasteiger partial charge is 0.328 e. The Balaban J connectivity index is 0.000000479. The molecule has 0 heterocycles. The third kappa shape index (κ3) is 10.5. The van der Waals surface area contributed by atoms with Crippen LogP contribution in [0.2, 0.25) is 0 Å². The zero-order valence-electron chi connectivity index (χ0n) is 16.4. The zero-order valence-corrected chi connectivity index (χ0v) is 17.3. The quantitative estimate of drug-likeness (QED) is 0.458. The van der Waals surface area contributed by atoms with E-state index in [2.05, 4.69) is 12.1 Å². The molecule has 30 heavy (non-hydrogen) atoms. The second kappa shape index (κ2) is 12.5. The molecule has 0 radical (unpaired) electrons. The molecular formula is C21H24FNO6S. The van der Waals surface area contributed by atoms with Gasteiger partial charge in [0.05, 0.1) is 10.6 Å². The largest absolute Gasteiger partial charge is 0.478 e. The first-order valence-corrected chi connectivity index (χ1v) is 10.6. The van der Waals surface area contributed by atoms with E-state index in [1.54, 1.807) is 0 Å². The fourth-order valence-corrected chi connectivity index (χ4v) is 3.59. The number of likely N-dealkylation sites (N-methyl/N-ethyl adjacent to an activating group) is 1. The van der Waals surface area contributed by atoms with Crippen molar-refractivity contribution in [3.05, 3.63) is 78.1 Å². The average Bonchev–Trinajstić information content (AvgIpc) is 2.71. The van der Waals surface area contributed by atoms with Gasteiger partial charge >= 0.3 is 11.9 Å². The van der Waals surface area contributed by atoms with Gasteiger partial charge in [0.15, 0.2) is 9.84 Å². The Morgan fingerprint density at radius 1 is 0.933 bits per heavy atom. The molecule has 2 aromatic rings. The Labute approximate surface area is 175 Å². The van der Waals surface area contributed by atoms with Gasteiger partial charge in [0.1, 0.15) is 5.82 Å². The summed E-state index contributed by atoms with van der Waals surface area (Å²) in [6, 6.07) is 15.1. The summed E-state index contributed by atoms with van der Waals surface area (Å²) in [4.78, 5) is 21.3. The van der Waals surface area contributed by atoms with Crippen LogP contribution in [0.15, 0.2) is 71.6 Å². The maximum absolute atomic E-state index is 12.8. The van der Waals surface area contributed by atoms with E-state index >= 15 is 0 Å². The lowest BCUT2D eigenvalue weighted by molar-refractivity contribution is -0.134. The lowest BCUT2D eigenvalue weighted by atomic mass is 10.1. The van der Waals surface area contributed by atoms with Gasteiger partial charge in [0.25, 0.3) is 0 Å². The fraction of sp³-hybridized carbons (Fsp3) is 0.238. The molecule has 0 aromatic heterocycles. The van der Waals surface area contributed by atoms with Crippen molar-refractivity contribution in [2.45, 2.75) is 11.3 Å². The van der Waals surface area contributed by atoms with E-state index in [1.165, 1.54) is 29.8 Å². The topological polar surface area (TPSA) is 112 Å². The number of carbonyl (C=O) groups is 2. The second-order valence-corrected chi connectivity index (χ2v) is 8.43. The summed E-state index contributed by atoms with van der Waals surface area (Å²) in [6.45, 7) is 1.25. The van der Waals surface area contributed by atoms with Crippen LogP contribution in [0.1, 0.15) is 5.56 Å². The highest BCUT2D eigenvalue weighted by molar-refractivity contribution is 7.91. The normalized spacial score (nSPS) is 11.2. The molecule has 0 atom stereocenters. The number of hydrogen-bond acceptors (Lipinski definition) is 5. The summed E-state index contributed by atoms with van der Waals surface area (Å²) in [5, 5.41) is 15.6. The molecule has 0 unspecified atom stereocenters. The first kappa shape index (κ1) is 25.0. The number of nitrogens with zero attached hydrogens (tertiary/aromatic N) is 1. The standard InChI is InChI=1S/C17H20FNO2S.C4H4O4/c1-19(12-11-15-5-3-2-4-6-15)13-14-22(20,21)17-9-7-16(18)8-10-17;5-3(6)1-2-4(7)8/h2-10H,11-14H2,1H3;1-2H,(H,5,6)(H,7,8)/b;2-1-. The molecule has 2 aromatic carbocycles. The summed E-state index contributed by atoms with van der Waals surface area (Å²) in [7, 11) is -1.46. The van der Waals surface area contributed by atoms with Gasteiger partial charge in [-0.15, -0.1) is 0 Å². The van der Waals surface area contributed by atoms with E-state index < -0.39 is 27.6 Å². The minimum atomic E-state index is -3.36. The van der Waals surface area contributed by atoms with Crippen LogP contribution >= 0.6 is 0 Å². The summed E-state index contributed by atoms with van der Waals surface area (Å²) >= 11 is 0. The number of halogens is 1. The number of benzene rings is 2. The number of hydrogen-bond donors (Lipinski definition) is 2. The van der Waals surface area contributed by atoms with Gasteiger partial charge in [-0.05, 0) is 43.3 Å². The molecule has 162 valence electrons. The number of carboxylic acids is 2. The summed E-state index contributed by atoms with van der Waals surface area (Å²) in [5.74, 6) is -2.91. The minimum absolute atomic E-state index is 0.0317. The van der Waals surface area contributed by atoms with Crippen LogP contribution in [-0.4, -0.2) is 61.4 Å². The van der Waals surface area contributed by atoms with Crippen molar-refractivity contribution in [3.63, 3.8) is 0 Å². The number of carboxylic acid groups (broad SMARTS) is 2. The molecule has 0 aliphatic heterocycles. The Kier molecular flexibility index (Phi) is 10.4. The van der Waals surface area contributed by atoms with E-state index in [4.69, 9.17) is 10.2 Å². The van der Waals surface area contributed by atoms with Crippen molar-refractivity contribution in [3.8, 4) is 0 Å². The van der Waals surface area contributed by atoms with Gasteiger partial charge in [0, 0.05) is 25.2 Å². The molecule has 0 amide bonds. The molecule has 0 aliphatic carbocycles. The van der Waals surface area contributed by atoms with E-state index in [0.717, 1.165) is 13.0 Å². The van der Waals surface area contributed by atoms with E-state index in [1.807, 2.05) is 30.1 Å². The number of rotatable bonds is 9. The number of sulfone groups is 1. The molecule has 0 saturated heterocycles. The molecule has 0 saturated carbocycles. The van der Waals surface area contributed by atoms with Crippen molar-refractivity contribution in [1.29, 1.82) is 0 Å². The van der Waals surface area contributed by atoms with Crippen LogP contribution in [0.3, 0.4) is 0 Å². The Morgan fingerprint density at radius 2 is 1.47 bits per heavy atom. The Hall–Kier alpha value is -3.04. The van der Waals surface area contributed by atoms with Gasteiger partial charge in [-0.2, -0.15) is 0 Å². The van der Waals surface area contributed by atoms with E-state index in [9.17, 15) is 22.4 Å². The predicted octanol–water partition coefficient (Wildman–Crippen LogP) is 2.49. The van der Waals surface area contributed by atoms with Crippen molar-refractivity contribution in [1.82, 2.24) is 4.90 Å². The highest BCUT2D eigenvalue weighted by atomic mass is 32.2. The molecule has 0 aliphatic rings. The predicted molar refractivity (Wildman–Crippen MR) is 111 cm³/mol. The lowest BCUT2D eigenvalue weighted by Gasteiger charge is -2.16. The minimum Gasteiger partial charge on any atom is -0.478 e. The maximum Gasteiger partial charge on any atom is 0.328 e. The first-order valence-electron chi connectivity index (χ1n) is 8.95. The van der Waals surface area contributed by atoms with E-state index in [0.29, 0.717) is 18.7 Å². The summed E-state index contributed by atoms with van der Waals surface area (Å²) in [6.07, 6.45) is 2.00. The molecule has 0 bridgehead atoms. The van der Waals surface area contributed by atoms with Crippen LogP contribution < -0.4 is 0 Å². The fourth-order valence-electron chi connectivity index (χ4n) is 2.25. The highest BCUT2D eigenvalue weighted by Crippen LogP contribution is 2.12. The van der Waals surface area contributed by atoms with Crippen molar-refractivity contribution < 1.29 is 32.6 Å². The Morgan fingerprint density at radius 3 is 1.97 bits per heavy atom. The molecule has 9 heteroatoms. The van der Waals surface area contributed by atoms with Crippen LogP contribution in [-0.2, 0) is 25.8 Å². The van der Waals surface area contributed by atoms with Crippen LogP contribution in [0.4, 0.5) is 4.39 Å². The van der Waals surface area contributed by atoms with Crippen LogP contribution in [0, 0.1) is 5.82 Å². The molecule has 0 spiro atoms. The van der Waals surface area contributed by atoms with Gasteiger partial charge in [0.2, 0.25) is 0 Å². The Bertz CT molecular complexity index is 927. The lowest BCUT2D eigenvalue weighted by Crippen LogP contribution is -2.27. The van der Waals surface area contributed by atoms with Crippen molar-refractivity contribution in [2.24, 2.45) is 0 Å². The third-order valence-electron chi connectivity index (χ3n) is 3.91. The van der Waals surface area contributed by atoms with Crippen LogP contribution in [0.25, 0.3) is 0 Å². The maximum atomic E-state index is 12.8.